The molecule has 0 spiro atoms. The number of pyridine rings is 3. The molecule has 184 valence electrons. The van der Waals surface area contributed by atoms with Crippen molar-refractivity contribution < 1.29 is 9.59 Å². The van der Waals surface area contributed by atoms with E-state index in [0.717, 1.165) is 44.2 Å². The molecule has 3 aromatic heterocycles. The average molecular weight is 491 g/mol. The van der Waals surface area contributed by atoms with Gasteiger partial charge in [-0.1, -0.05) is 24.3 Å². The van der Waals surface area contributed by atoms with Crippen LogP contribution in [0.25, 0.3) is 21.7 Å². The highest BCUT2D eigenvalue weighted by Crippen LogP contribution is 2.19. The predicted molar refractivity (Wildman–Crippen MR) is 142 cm³/mol. The van der Waals surface area contributed by atoms with E-state index in [1.165, 1.54) is 6.92 Å². The van der Waals surface area contributed by atoms with Crippen molar-refractivity contribution in [2.45, 2.75) is 26.1 Å². The van der Waals surface area contributed by atoms with E-state index in [2.05, 4.69) is 31.7 Å². The fourth-order valence-corrected chi connectivity index (χ4v) is 4.17. The molecule has 0 aliphatic heterocycles. The van der Waals surface area contributed by atoms with E-state index >= 15 is 0 Å². The first kappa shape index (κ1) is 24.0. The first-order chi connectivity index (χ1) is 17.9. The van der Waals surface area contributed by atoms with Crippen LogP contribution in [0.1, 0.15) is 46.0 Å². The number of aromatic nitrogens is 3. The molecule has 8 heteroatoms. The number of fused-ring (bicyclic) bond motifs is 2. The van der Waals surface area contributed by atoms with Crippen LogP contribution in [0.2, 0.25) is 0 Å². The molecule has 8 nitrogen and oxygen atoms in total. The number of nitrogens with one attached hydrogen (secondary N) is 2. The zero-order valence-electron chi connectivity index (χ0n) is 20.3. The summed E-state index contributed by atoms with van der Waals surface area (Å²) in [6, 6.07) is 21.1. The Labute approximate surface area is 214 Å². The monoisotopic (exact) mass is 490 g/mol. The van der Waals surface area contributed by atoms with Crippen LogP contribution < -0.4 is 16.4 Å². The van der Waals surface area contributed by atoms with Crippen molar-refractivity contribution in [3.05, 3.63) is 113 Å². The number of hydrogen-bond acceptors (Lipinski definition) is 6. The highest BCUT2D eigenvalue weighted by Gasteiger charge is 2.13. The maximum atomic E-state index is 12.9. The van der Waals surface area contributed by atoms with Gasteiger partial charge >= 0.3 is 0 Å². The number of benzene rings is 2. The zero-order chi connectivity index (χ0) is 25.8. The third-order valence-corrected chi connectivity index (χ3v) is 6.10. The van der Waals surface area contributed by atoms with Gasteiger partial charge in [-0.15, -0.1) is 0 Å². The minimum atomic E-state index is -0.648. The fourth-order valence-electron chi connectivity index (χ4n) is 4.17. The number of nitrogens with zero attached hydrogens (tertiary/aromatic N) is 3. The largest absolute Gasteiger partial charge is 0.351 e. The van der Waals surface area contributed by atoms with Gasteiger partial charge in [-0.2, -0.15) is 0 Å². The standard InChI is InChI=1S/C29H26N6O2/c1-18(36)33-17-25-6-5-21-12-19(2-7-27(21)34-25)13-26-15-23(9-11-32-26)29(37)35-28(30)22-3-4-24-16-31-10-8-20(24)14-22/h2-12,14-16,28H,13,17,30H2,1H3,(H,33,36)(H,35,37). The highest BCUT2D eigenvalue weighted by atomic mass is 16.2. The molecule has 5 aromatic rings. The molecule has 1 atom stereocenters. The summed E-state index contributed by atoms with van der Waals surface area (Å²) >= 11 is 0. The maximum absolute atomic E-state index is 12.9. The van der Waals surface area contributed by atoms with Crippen LogP contribution in [0, 0.1) is 0 Å². The van der Waals surface area contributed by atoms with Crippen LogP contribution in [-0.4, -0.2) is 26.8 Å². The van der Waals surface area contributed by atoms with Crippen LogP contribution in [0.5, 0.6) is 0 Å². The molecule has 5 rings (SSSR count). The molecule has 0 saturated carbocycles. The molecular weight excluding hydrogens is 464 g/mol. The maximum Gasteiger partial charge on any atom is 0.252 e. The molecule has 4 N–H and O–H groups in total. The minimum absolute atomic E-state index is 0.0888. The predicted octanol–water partition coefficient (Wildman–Crippen LogP) is 3.79. The third-order valence-electron chi connectivity index (χ3n) is 6.10. The summed E-state index contributed by atoms with van der Waals surface area (Å²) in [6.07, 6.45) is 5.07. The first-order valence-electron chi connectivity index (χ1n) is 11.9. The van der Waals surface area contributed by atoms with Gasteiger partial charge in [-0.25, -0.2) is 0 Å². The van der Waals surface area contributed by atoms with Crippen LogP contribution in [-0.2, 0) is 17.8 Å². The second-order valence-corrected chi connectivity index (χ2v) is 8.89. The van der Waals surface area contributed by atoms with Crippen LogP contribution >= 0.6 is 0 Å². The number of hydrogen-bond donors (Lipinski definition) is 3. The number of carbonyl (C=O) groups is 2. The summed E-state index contributed by atoms with van der Waals surface area (Å²) in [5.41, 5.74) is 11.1. The van der Waals surface area contributed by atoms with Gasteiger partial charge in [0.15, 0.2) is 0 Å². The van der Waals surface area contributed by atoms with Crippen LogP contribution in [0.4, 0.5) is 0 Å². The molecule has 0 radical (unpaired) electrons. The minimum Gasteiger partial charge on any atom is -0.351 e. The van der Waals surface area contributed by atoms with Crippen molar-refractivity contribution in [2.24, 2.45) is 5.73 Å². The third kappa shape index (κ3) is 5.76. The molecule has 3 heterocycles. The molecule has 2 aromatic carbocycles. The van der Waals surface area contributed by atoms with E-state index in [4.69, 9.17) is 5.73 Å². The highest BCUT2D eigenvalue weighted by molar-refractivity contribution is 5.94. The average Bonchev–Trinajstić information content (AvgIpc) is 2.91. The molecule has 0 aliphatic carbocycles. The van der Waals surface area contributed by atoms with Crippen molar-refractivity contribution in [1.82, 2.24) is 25.6 Å². The summed E-state index contributed by atoms with van der Waals surface area (Å²) in [5.74, 6) is -0.352. The van der Waals surface area contributed by atoms with Gasteiger partial charge in [0, 0.05) is 54.0 Å². The van der Waals surface area contributed by atoms with Gasteiger partial charge in [0.05, 0.1) is 17.8 Å². The lowest BCUT2D eigenvalue weighted by Gasteiger charge is -2.15. The van der Waals surface area contributed by atoms with E-state index in [9.17, 15) is 9.59 Å². The SMILES string of the molecule is CC(=O)NCc1ccc2cc(Cc3cc(C(=O)NC(N)c4ccc5cnccc5c4)ccn3)ccc2n1. The summed E-state index contributed by atoms with van der Waals surface area (Å²) in [4.78, 5) is 37.3. The van der Waals surface area contributed by atoms with Crippen LogP contribution in [0.3, 0.4) is 0 Å². The first-order valence-corrected chi connectivity index (χ1v) is 11.9. The Bertz CT molecular complexity index is 1620. The van der Waals surface area contributed by atoms with Crippen molar-refractivity contribution in [3.8, 4) is 0 Å². The Morgan fingerprint density at radius 2 is 1.76 bits per heavy atom. The quantitative estimate of drug-likeness (QED) is 0.298. The van der Waals surface area contributed by atoms with E-state index in [1.807, 2.05) is 48.5 Å². The smallest absolute Gasteiger partial charge is 0.252 e. The van der Waals surface area contributed by atoms with Gasteiger partial charge in [0.1, 0.15) is 6.17 Å². The summed E-state index contributed by atoms with van der Waals surface area (Å²) in [5, 5.41) is 8.66. The fraction of sp³-hybridized carbons (Fsp3) is 0.138. The summed E-state index contributed by atoms with van der Waals surface area (Å²) < 4.78 is 0. The lowest BCUT2D eigenvalue weighted by atomic mass is 10.0. The van der Waals surface area contributed by atoms with Crippen molar-refractivity contribution in [1.29, 1.82) is 0 Å². The molecular formula is C29H26N6O2. The van der Waals surface area contributed by atoms with Gasteiger partial charge in [-0.3, -0.25) is 24.5 Å². The van der Waals surface area contributed by atoms with Gasteiger partial charge in [-0.05, 0) is 59.0 Å². The topological polar surface area (TPSA) is 123 Å². The van der Waals surface area contributed by atoms with E-state index in [1.54, 1.807) is 30.7 Å². The number of nitrogens with two attached hydrogens (primary N) is 1. The lowest BCUT2D eigenvalue weighted by Crippen LogP contribution is -2.34. The van der Waals surface area contributed by atoms with E-state index < -0.39 is 6.17 Å². The second kappa shape index (κ2) is 10.5. The summed E-state index contributed by atoms with van der Waals surface area (Å²) in [7, 11) is 0. The van der Waals surface area contributed by atoms with E-state index in [0.29, 0.717) is 18.5 Å². The Kier molecular flexibility index (Phi) is 6.83. The van der Waals surface area contributed by atoms with E-state index in [-0.39, 0.29) is 11.8 Å². The van der Waals surface area contributed by atoms with Crippen LogP contribution in [0.15, 0.2) is 85.3 Å². The molecule has 0 fully saturated rings. The normalized spacial score (nSPS) is 11.8. The van der Waals surface area contributed by atoms with Gasteiger partial charge < -0.3 is 16.4 Å². The Morgan fingerprint density at radius 3 is 2.62 bits per heavy atom. The Morgan fingerprint density at radius 1 is 0.892 bits per heavy atom. The zero-order valence-corrected chi connectivity index (χ0v) is 20.3. The van der Waals surface area contributed by atoms with Crippen molar-refractivity contribution in [3.63, 3.8) is 0 Å². The van der Waals surface area contributed by atoms with Crippen molar-refractivity contribution >= 4 is 33.5 Å². The molecule has 0 bridgehead atoms. The van der Waals surface area contributed by atoms with Gasteiger partial charge in [0.25, 0.3) is 5.91 Å². The molecule has 0 aliphatic rings. The molecule has 1 unspecified atom stereocenters. The Balaban J connectivity index is 1.27. The summed E-state index contributed by atoms with van der Waals surface area (Å²) in [6.45, 7) is 1.88. The number of rotatable bonds is 7. The van der Waals surface area contributed by atoms with Gasteiger partial charge in [0.2, 0.25) is 5.91 Å². The molecule has 0 saturated heterocycles. The lowest BCUT2D eigenvalue weighted by molar-refractivity contribution is -0.119. The van der Waals surface area contributed by atoms with Crippen molar-refractivity contribution in [2.75, 3.05) is 0 Å². The second-order valence-electron chi connectivity index (χ2n) is 8.89. The Hall–Kier alpha value is -4.69. The molecule has 2 amide bonds. The molecule has 37 heavy (non-hydrogen) atoms. The number of amides is 2. The number of carbonyl (C=O) groups excluding carboxylic acids is 2.